The zero-order valence-electron chi connectivity index (χ0n) is 17.3. The van der Waals surface area contributed by atoms with Crippen LogP contribution in [0.3, 0.4) is 0 Å². The molecule has 0 aliphatic heterocycles. The van der Waals surface area contributed by atoms with E-state index in [4.69, 9.17) is 0 Å². The SMILES string of the molecule is Cn1c(=O)c2c(nc3n(Cc4ccccc4)c(-c4ccc([N+](=O)[O-])cc4)cn23)n(C)c1=O. The number of aryl methyl sites for hydroxylation is 1. The van der Waals surface area contributed by atoms with Gasteiger partial charge in [-0.3, -0.25) is 28.4 Å². The number of rotatable bonds is 4. The summed E-state index contributed by atoms with van der Waals surface area (Å²) >= 11 is 0. The number of fused-ring (bicyclic) bond motifs is 3. The van der Waals surface area contributed by atoms with Crippen molar-refractivity contribution in [3.63, 3.8) is 0 Å². The fraction of sp³-hybridized carbons (Fsp3) is 0.136. The Morgan fingerprint density at radius 3 is 2.31 bits per heavy atom. The molecule has 0 saturated carbocycles. The smallest absolute Gasteiger partial charge is 0.305 e. The van der Waals surface area contributed by atoms with Gasteiger partial charge < -0.3 is 4.57 Å². The zero-order valence-corrected chi connectivity index (χ0v) is 17.3. The van der Waals surface area contributed by atoms with Crippen molar-refractivity contribution in [1.29, 1.82) is 0 Å². The number of nitro benzene ring substituents is 1. The molecule has 0 fully saturated rings. The van der Waals surface area contributed by atoms with Crippen molar-refractivity contribution in [1.82, 2.24) is 23.1 Å². The summed E-state index contributed by atoms with van der Waals surface area (Å²) in [6.45, 7) is 0.460. The summed E-state index contributed by atoms with van der Waals surface area (Å²) in [5.74, 6) is 0.496. The van der Waals surface area contributed by atoms with Crippen LogP contribution >= 0.6 is 0 Å². The summed E-state index contributed by atoms with van der Waals surface area (Å²) in [7, 11) is 3.01. The Morgan fingerprint density at radius 1 is 0.969 bits per heavy atom. The highest BCUT2D eigenvalue weighted by Crippen LogP contribution is 2.28. The van der Waals surface area contributed by atoms with Crippen molar-refractivity contribution >= 4 is 22.6 Å². The number of nitro groups is 1. The number of non-ortho nitro benzene ring substituents is 1. The molecule has 0 bridgehead atoms. The van der Waals surface area contributed by atoms with Gasteiger partial charge in [-0.05, 0) is 17.7 Å². The van der Waals surface area contributed by atoms with Crippen LogP contribution in [0.25, 0.3) is 28.2 Å². The normalized spacial score (nSPS) is 11.4. The number of benzene rings is 2. The van der Waals surface area contributed by atoms with Crippen LogP contribution in [0.1, 0.15) is 5.56 Å². The lowest BCUT2D eigenvalue weighted by Crippen LogP contribution is -2.37. The number of hydrogen-bond donors (Lipinski definition) is 0. The Bertz CT molecular complexity index is 1620. The highest BCUT2D eigenvalue weighted by Gasteiger charge is 2.21. The Labute approximate surface area is 180 Å². The van der Waals surface area contributed by atoms with Crippen molar-refractivity contribution in [2.45, 2.75) is 6.54 Å². The molecule has 5 aromatic rings. The second-order valence-corrected chi connectivity index (χ2v) is 7.55. The van der Waals surface area contributed by atoms with E-state index in [0.717, 1.165) is 21.4 Å². The van der Waals surface area contributed by atoms with E-state index in [1.807, 2.05) is 34.9 Å². The second kappa shape index (κ2) is 7.05. The molecule has 0 atom stereocenters. The molecule has 0 saturated heterocycles. The molecule has 10 heteroatoms. The molecular weight excluding hydrogens is 412 g/mol. The number of hydrogen-bond acceptors (Lipinski definition) is 5. The minimum atomic E-state index is -0.451. The van der Waals surface area contributed by atoms with Crippen molar-refractivity contribution < 1.29 is 4.92 Å². The largest absolute Gasteiger partial charge is 0.332 e. The van der Waals surface area contributed by atoms with E-state index in [0.29, 0.717) is 23.5 Å². The van der Waals surface area contributed by atoms with E-state index in [-0.39, 0.29) is 5.69 Å². The Balaban J connectivity index is 1.83. The molecule has 3 heterocycles. The van der Waals surface area contributed by atoms with Crippen LogP contribution in [0, 0.1) is 10.1 Å². The summed E-state index contributed by atoms with van der Waals surface area (Å²) in [5.41, 5.74) is 2.19. The molecular formula is C22H18N6O4. The van der Waals surface area contributed by atoms with E-state index in [2.05, 4.69) is 4.98 Å². The minimum absolute atomic E-state index is 0.00554. The van der Waals surface area contributed by atoms with E-state index < -0.39 is 16.2 Å². The Kier molecular flexibility index (Phi) is 4.29. The van der Waals surface area contributed by atoms with E-state index in [9.17, 15) is 19.7 Å². The van der Waals surface area contributed by atoms with Crippen molar-refractivity contribution in [2.75, 3.05) is 0 Å². The lowest BCUT2D eigenvalue weighted by molar-refractivity contribution is -0.384. The van der Waals surface area contributed by atoms with Crippen LogP contribution in [-0.4, -0.2) is 28.0 Å². The molecule has 0 spiro atoms. The molecule has 0 aliphatic rings. The monoisotopic (exact) mass is 430 g/mol. The molecule has 0 aliphatic carbocycles. The average molecular weight is 430 g/mol. The summed E-state index contributed by atoms with van der Waals surface area (Å²) in [6, 6.07) is 16.0. The molecule has 160 valence electrons. The van der Waals surface area contributed by atoms with Crippen LogP contribution in [-0.2, 0) is 20.6 Å². The maximum absolute atomic E-state index is 12.9. The van der Waals surface area contributed by atoms with Crippen molar-refractivity contribution in [3.8, 4) is 11.3 Å². The van der Waals surface area contributed by atoms with Gasteiger partial charge in [0, 0.05) is 38.0 Å². The minimum Gasteiger partial charge on any atom is -0.305 e. The third-order valence-electron chi connectivity index (χ3n) is 5.61. The van der Waals surface area contributed by atoms with E-state index in [1.165, 1.54) is 23.7 Å². The lowest BCUT2D eigenvalue weighted by atomic mass is 10.1. The Morgan fingerprint density at radius 2 is 1.66 bits per heavy atom. The van der Waals surface area contributed by atoms with Crippen molar-refractivity contribution in [2.24, 2.45) is 14.1 Å². The van der Waals surface area contributed by atoms with Gasteiger partial charge in [-0.1, -0.05) is 30.3 Å². The fourth-order valence-electron chi connectivity index (χ4n) is 3.92. The predicted molar refractivity (Wildman–Crippen MR) is 119 cm³/mol. The first kappa shape index (κ1) is 19.5. The second-order valence-electron chi connectivity index (χ2n) is 7.55. The highest BCUT2D eigenvalue weighted by atomic mass is 16.6. The van der Waals surface area contributed by atoms with Crippen LogP contribution in [0.15, 0.2) is 70.4 Å². The highest BCUT2D eigenvalue weighted by molar-refractivity contribution is 5.78. The van der Waals surface area contributed by atoms with Crippen LogP contribution < -0.4 is 11.2 Å². The summed E-state index contributed by atoms with van der Waals surface area (Å²) < 4.78 is 6.01. The molecule has 32 heavy (non-hydrogen) atoms. The zero-order chi connectivity index (χ0) is 22.6. The van der Waals surface area contributed by atoms with Gasteiger partial charge in [0.05, 0.1) is 17.2 Å². The fourth-order valence-corrected chi connectivity index (χ4v) is 3.92. The van der Waals surface area contributed by atoms with Crippen LogP contribution in [0.2, 0.25) is 0 Å². The van der Waals surface area contributed by atoms with Gasteiger partial charge in [0.25, 0.3) is 11.2 Å². The Hall–Kier alpha value is -4.47. The quantitative estimate of drug-likeness (QED) is 0.321. The van der Waals surface area contributed by atoms with Gasteiger partial charge in [-0.15, -0.1) is 0 Å². The van der Waals surface area contributed by atoms with Gasteiger partial charge in [0.15, 0.2) is 11.2 Å². The van der Waals surface area contributed by atoms with Crippen molar-refractivity contribution in [3.05, 3.63) is 97.3 Å². The van der Waals surface area contributed by atoms with Gasteiger partial charge in [-0.2, -0.15) is 4.98 Å². The van der Waals surface area contributed by atoms with Gasteiger partial charge in [-0.25, -0.2) is 4.79 Å². The average Bonchev–Trinajstić information content (AvgIpc) is 3.34. The summed E-state index contributed by atoms with van der Waals surface area (Å²) in [5, 5.41) is 11.1. The predicted octanol–water partition coefficient (Wildman–Crippen LogP) is 2.31. The first-order valence-corrected chi connectivity index (χ1v) is 9.83. The first-order valence-electron chi connectivity index (χ1n) is 9.83. The lowest BCUT2D eigenvalue weighted by Gasteiger charge is -2.09. The maximum Gasteiger partial charge on any atom is 0.332 e. The molecule has 10 nitrogen and oxygen atoms in total. The molecule has 0 N–H and O–H groups in total. The number of nitrogens with zero attached hydrogens (tertiary/aromatic N) is 6. The maximum atomic E-state index is 12.9. The molecule has 2 aromatic carbocycles. The van der Waals surface area contributed by atoms with Crippen LogP contribution in [0.4, 0.5) is 5.69 Å². The van der Waals surface area contributed by atoms with E-state index >= 15 is 0 Å². The topological polar surface area (TPSA) is 109 Å². The number of imidazole rings is 2. The third kappa shape index (κ3) is 2.84. The van der Waals surface area contributed by atoms with Crippen LogP contribution in [0.5, 0.6) is 0 Å². The van der Waals surface area contributed by atoms with E-state index in [1.54, 1.807) is 29.8 Å². The number of aromatic nitrogens is 5. The molecule has 0 unspecified atom stereocenters. The molecule has 3 aromatic heterocycles. The molecule has 0 radical (unpaired) electrons. The molecule has 5 rings (SSSR count). The standard InChI is InChI=1S/C22H18N6O4/c1-24-19-18(20(29)25(2)22(24)30)27-13-17(15-8-10-16(11-9-15)28(31)32)26(21(27)23-19)12-14-6-4-3-5-7-14/h3-11,13H,12H2,1-2H3. The summed E-state index contributed by atoms with van der Waals surface area (Å²) in [6.07, 6.45) is 1.78. The third-order valence-corrected chi connectivity index (χ3v) is 5.61. The van der Waals surface area contributed by atoms with Gasteiger partial charge in [0.1, 0.15) is 0 Å². The van der Waals surface area contributed by atoms with Gasteiger partial charge >= 0.3 is 5.69 Å². The molecule has 0 amide bonds. The van der Waals surface area contributed by atoms with Gasteiger partial charge in [0.2, 0.25) is 5.78 Å². The summed E-state index contributed by atoms with van der Waals surface area (Å²) in [4.78, 5) is 40.5. The first-order chi connectivity index (χ1) is 15.4.